The van der Waals surface area contributed by atoms with Gasteiger partial charge in [-0.05, 0) is 41.8 Å². The fraction of sp³-hybridized carbons (Fsp3) is 0. The average molecular weight is 276 g/mol. The lowest BCUT2D eigenvalue weighted by Gasteiger charge is -2.05. The first-order valence-corrected chi connectivity index (χ1v) is 6.61. The average Bonchev–Trinajstić information content (AvgIpc) is 3.14. The van der Waals surface area contributed by atoms with Crippen LogP contribution in [0.2, 0.25) is 0 Å². The first-order valence-electron chi connectivity index (χ1n) is 6.61. The Morgan fingerprint density at radius 3 is 2.90 bits per heavy atom. The van der Waals surface area contributed by atoms with Crippen LogP contribution in [0.25, 0.3) is 21.9 Å². The molecule has 0 aliphatic carbocycles. The second-order valence-electron chi connectivity index (χ2n) is 4.87. The van der Waals surface area contributed by atoms with Gasteiger partial charge in [0.05, 0.1) is 17.4 Å². The van der Waals surface area contributed by atoms with E-state index in [2.05, 4.69) is 20.3 Å². The van der Waals surface area contributed by atoms with Crippen molar-refractivity contribution in [2.45, 2.75) is 0 Å². The number of anilines is 1. The third-order valence-corrected chi connectivity index (χ3v) is 3.50. The third kappa shape index (κ3) is 2.04. The molecule has 0 aliphatic heterocycles. The molecule has 0 spiro atoms. The molecule has 0 unspecified atom stereocenters. The molecular weight excluding hydrogens is 264 g/mol. The number of carbonyl (C=O) groups excluding carboxylic acids is 1. The summed E-state index contributed by atoms with van der Waals surface area (Å²) in [5.41, 5.74) is 4.08. The van der Waals surface area contributed by atoms with Gasteiger partial charge in [0.2, 0.25) is 0 Å². The third-order valence-electron chi connectivity index (χ3n) is 3.50. The summed E-state index contributed by atoms with van der Waals surface area (Å²) < 4.78 is 0. The van der Waals surface area contributed by atoms with Crippen molar-refractivity contribution in [3.8, 4) is 0 Å². The van der Waals surface area contributed by atoms with E-state index in [4.69, 9.17) is 0 Å². The Kier molecular flexibility index (Phi) is 2.50. The summed E-state index contributed by atoms with van der Waals surface area (Å²) in [6.45, 7) is 0. The zero-order valence-corrected chi connectivity index (χ0v) is 11.1. The Morgan fingerprint density at radius 2 is 1.95 bits per heavy atom. The van der Waals surface area contributed by atoms with Crippen LogP contribution in [0, 0.1) is 0 Å². The first kappa shape index (κ1) is 11.7. The molecule has 0 aliphatic rings. The molecule has 0 fully saturated rings. The number of hydrogen-bond acceptors (Lipinski definition) is 2. The zero-order chi connectivity index (χ0) is 14.2. The van der Waals surface area contributed by atoms with E-state index in [1.54, 1.807) is 6.33 Å². The lowest BCUT2D eigenvalue weighted by molar-refractivity contribution is 0.102. The number of aromatic nitrogens is 3. The number of rotatable bonds is 2. The van der Waals surface area contributed by atoms with Crippen molar-refractivity contribution in [2.24, 2.45) is 0 Å². The Labute approximate surface area is 120 Å². The lowest BCUT2D eigenvalue weighted by atomic mass is 10.1. The van der Waals surface area contributed by atoms with E-state index in [1.165, 1.54) is 0 Å². The van der Waals surface area contributed by atoms with Gasteiger partial charge < -0.3 is 15.3 Å². The van der Waals surface area contributed by atoms with E-state index in [-0.39, 0.29) is 5.91 Å². The Hall–Kier alpha value is -3.08. The fourth-order valence-electron chi connectivity index (χ4n) is 2.41. The molecule has 5 heteroatoms. The van der Waals surface area contributed by atoms with E-state index in [9.17, 15) is 4.79 Å². The monoisotopic (exact) mass is 276 g/mol. The summed E-state index contributed by atoms with van der Waals surface area (Å²) in [5.74, 6) is -0.134. The van der Waals surface area contributed by atoms with Gasteiger partial charge in [-0.3, -0.25) is 4.79 Å². The van der Waals surface area contributed by atoms with E-state index < -0.39 is 0 Å². The summed E-state index contributed by atoms with van der Waals surface area (Å²) in [5, 5.41) is 3.98. The smallest absolute Gasteiger partial charge is 0.255 e. The van der Waals surface area contributed by atoms with E-state index in [1.807, 2.05) is 48.7 Å². The number of aromatic amines is 2. The van der Waals surface area contributed by atoms with Crippen molar-refractivity contribution in [1.29, 1.82) is 0 Å². The van der Waals surface area contributed by atoms with Gasteiger partial charge in [-0.2, -0.15) is 0 Å². The summed E-state index contributed by atoms with van der Waals surface area (Å²) >= 11 is 0. The number of H-pyrrole nitrogens is 2. The molecule has 21 heavy (non-hydrogen) atoms. The number of carbonyl (C=O) groups is 1. The largest absolute Gasteiger partial charge is 0.361 e. The fourth-order valence-corrected chi connectivity index (χ4v) is 2.41. The van der Waals surface area contributed by atoms with Crippen molar-refractivity contribution in [3.05, 3.63) is 60.6 Å². The lowest BCUT2D eigenvalue weighted by Crippen LogP contribution is -2.11. The number of hydrogen-bond donors (Lipinski definition) is 3. The van der Waals surface area contributed by atoms with Crippen molar-refractivity contribution in [2.75, 3.05) is 5.32 Å². The van der Waals surface area contributed by atoms with Gasteiger partial charge in [0.15, 0.2) is 0 Å². The molecule has 4 rings (SSSR count). The summed E-state index contributed by atoms with van der Waals surface area (Å²) in [4.78, 5) is 22.6. The van der Waals surface area contributed by atoms with Crippen LogP contribution in [-0.4, -0.2) is 20.9 Å². The maximum Gasteiger partial charge on any atom is 0.255 e. The molecule has 0 radical (unpaired) electrons. The molecule has 0 saturated heterocycles. The van der Waals surface area contributed by atoms with Crippen molar-refractivity contribution < 1.29 is 4.79 Å². The van der Waals surface area contributed by atoms with Crippen molar-refractivity contribution in [3.63, 3.8) is 0 Å². The molecule has 2 aromatic heterocycles. The van der Waals surface area contributed by atoms with Gasteiger partial charge in [-0.25, -0.2) is 4.98 Å². The quantitative estimate of drug-likeness (QED) is 0.525. The van der Waals surface area contributed by atoms with Crippen LogP contribution in [0.15, 0.2) is 55.0 Å². The molecule has 3 N–H and O–H groups in total. The standard InChI is InChI=1S/C16H12N4O/c21-16(11-2-1-10-5-6-17-14(10)7-11)20-12-3-4-13-15(8-12)19-9-18-13/h1-9,17H,(H,18,19)(H,20,21). The van der Waals surface area contributed by atoms with Gasteiger partial charge in [-0.15, -0.1) is 0 Å². The molecule has 4 aromatic rings. The Bertz CT molecular complexity index is 951. The van der Waals surface area contributed by atoms with Gasteiger partial charge in [0.1, 0.15) is 0 Å². The predicted molar refractivity (Wildman–Crippen MR) is 82.3 cm³/mol. The number of fused-ring (bicyclic) bond motifs is 2. The summed E-state index contributed by atoms with van der Waals surface area (Å²) in [7, 11) is 0. The maximum absolute atomic E-state index is 12.3. The van der Waals surface area contributed by atoms with Gasteiger partial charge >= 0.3 is 0 Å². The molecular formula is C16H12N4O. The predicted octanol–water partition coefficient (Wildman–Crippen LogP) is 3.30. The molecule has 2 heterocycles. The van der Waals surface area contributed by atoms with Crippen LogP contribution >= 0.6 is 0 Å². The zero-order valence-electron chi connectivity index (χ0n) is 11.1. The van der Waals surface area contributed by atoms with Crippen LogP contribution in [-0.2, 0) is 0 Å². The van der Waals surface area contributed by atoms with E-state index in [0.29, 0.717) is 5.56 Å². The summed E-state index contributed by atoms with van der Waals surface area (Å²) in [6, 6.07) is 13.2. The van der Waals surface area contributed by atoms with Gasteiger partial charge in [0, 0.05) is 23.0 Å². The van der Waals surface area contributed by atoms with Crippen LogP contribution in [0.5, 0.6) is 0 Å². The van der Waals surface area contributed by atoms with Gasteiger partial charge in [0.25, 0.3) is 5.91 Å². The molecule has 0 atom stereocenters. The number of nitrogens with one attached hydrogen (secondary N) is 3. The van der Waals surface area contributed by atoms with Crippen molar-refractivity contribution in [1.82, 2.24) is 15.0 Å². The summed E-state index contributed by atoms with van der Waals surface area (Å²) in [6.07, 6.45) is 3.49. The Balaban J connectivity index is 1.64. The highest BCUT2D eigenvalue weighted by Crippen LogP contribution is 2.18. The van der Waals surface area contributed by atoms with Crippen LogP contribution in [0.3, 0.4) is 0 Å². The number of benzene rings is 2. The van der Waals surface area contributed by atoms with Crippen LogP contribution in [0.1, 0.15) is 10.4 Å². The van der Waals surface area contributed by atoms with E-state index in [0.717, 1.165) is 27.6 Å². The minimum absolute atomic E-state index is 0.134. The second-order valence-corrected chi connectivity index (χ2v) is 4.87. The molecule has 2 aromatic carbocycles. The van der Waals surface area contributed by atoms with Gasteiger partial charge in [-0.1, -0.05) is 6.07 Å². The Morgan fingerprint density at radius 1 is 1.00 bits per heavy atom. The minimum atomic E-state index is -0.134. The number of nitrogens with zero attached hydrogens (tertiary/aromatic N) is 1. The maximum atomic E-state index is 12.3. The molecule has 1 amide bonds. The normalized spacial score (nSPS) is 11.0. The molecule has 0 saturated carbocycles. The number of amides is 1. The molecule has 102 valence electrons. The highest BCUT2D eigenvalue weighted by Gasteiger charge is 2.08. The number of imidazole rings is 1. The molecule has 0 bridgehead atoms. The van der Waals surface area contributed by atoms with E-state index >= 15 is 0 Å². The highest BCUT2D eigenvalue weighted by atomic mass is 16.1. The SMILES string of the molecule is O=C(Nc1ccc2nc[nH]c2c1)c1ccc2cc[nH]c2c1. The van der Waals surface area contributed by atoms with Crippen LogP contribution < -0.4 is 5.32 Å². The molecule has 5 nitrogen and oxygen atoms in total. The van der Waals surface area contributed by atoms with Crippen LogP contribution in [0.4, 0.5) is 5.69 Å². The highest BCUT2D eigenvalue weighted by molar-refractivity contribution is 6.06. The second kappa shape index (κ2) is 4.49. The topological polar surface area (TPSA) is 73.6 Å². The first-order chi connectivity index (χ1) is 10.3. The minimum Gasteiger partial charge on any atom is -0.361 e. The van der Waals surface area contributed by atoms with Crippen molar-refractivity contribution >= 4 is 33.5 Å².